The Morgan fingerprint density at radius 2 is 1.96 bits per heavy atom. The molecule has 1 aliphatic heterocycles. The third-order valence-corrected chi connectivity index (χ3v) is 4.76. The van der Waals surface area contributed by atoms with Crippen molar-refractivity contribution in [1.29, 1.82) is 0 Å². The first-order chi connectivity index (χ1) is 11.0. The van der Waals surface area contributed by atoms with E-state index in [0.717, 1.165) is 18.0 Å². The lowest BCUT2D eigenvalue weighted by Crippen LogP contribution is -2.43. The topological polar surface area (TPSA) is 58.4 Å². The number of benzene rings is 1. The largest absolute Gasteiger partial charge is 0.351 e. The summed E-state index contributed by atoms with van der Waals surface area (Å²) in [5, 5.41) is 2.94. The standard InChI is InChI=1S/C19H31N3O/c1-14(2)18(20)19(23)21-12-16-5-4-6-17(11-16)13-22-9-7-15(3)8-10-22/h4-6,11,14-15,18H,7-10,12-13,20H2,1-3H3,(H,21,23)/t18-/m0/s1. The van der Waals surface area contributed by atoms with Crippen LogP contribution >= 0.6 is 0 Å². The average molecular weight is 317 g/mol. The maximum absolute atomic E-state index is 11.9. The summed E-state index contributed by atoms with van der Waals surface area (Å²) >= 11 is 0. The lowest BCUT2D eigenvalue weighted by molar-refractivity contribution is -0.123. The lowest BCUT2D eigenvalue weighted by Gasteiger charge is -2.30. The van der Waals surface area contributed by atoms with Gasteiger partial charge in [-0.05, 0) is 48.9 Å². The van der Waals surface area contributed by atoms with E-state index in [1.807, 2.05) is 13.8 Å². The molecule has 2 rings (SSSR count). The Hall–Kier alpha value is -1.39. The van der Waals surface area contributed by atoms with Crippen molar-refractivity contribution < 1.29 is 4.79 Å². The molecule has 0 spiro atoms. The number of nitrogens with two attached hydrogens (primary N) is 1. The summed E-state index contributed by atoms with van der Waals surface area (Å²) in [6, 6.07) is 8.06. The molecule has 0 radical (unpaired) electrons. The minimum atomic E-state index is -0.437. The van der Waals surface area contributed by atoms with Gasteiger partial charge < -0.3 is 11.1 Å². The molecule has 1 aromatic rings. The molecule has 1 saturated heterocycles. The second kappa shape index (κ2) is 8.46. The van der Waals surface area contributed by atoms with E-state index in [4.69, 9.17) is 5.73 Å². The molecule has 3 N–H and O–H groups in total. The summed E-state index contributed by atoms with van der Waals surface area (Å²) in [5.41, 5.74) is 8.33. The van der Waals surface area contributed by atoms with Crippen LogP contribution in [-0.2, 0) is 17.9 Å². The summed E-state index contributed by atoms with van der Waals surface area (Å²) in [4.78, 5) is 14.5. The third-order valence-electron chi connectivity index (χ3n) is 4.76. The Morgan fingerprint density at radius 3 is 2.61 bits per heavy atom. The molecule has 1 amide bonds. The van der Waals surface area contributed by atoms with Gasteiger partial charge in [0.1, 0.15) is 0 Å². The van der Waals surface area contributed by atoms with Gasteiger partial charge in [-0.2, -0.15) is 0 Å². The molecule has 4 heteroatoms. The number of hydrogen-bond acceptors (Lipinski definition) is 3. The smallest absolute Gasteiger partial charge is 0.237 e. The molecule has 0 aliphatic carbocycles. The number of piperidine rings is 1. The fourth-order valence-corrected chi connectivity index (χ4v) is 2.93. The van der Waals surface area contributed by atoms with Crippen LogP contribution < -0.4 is 11.1 Å². The van der Waals surface area contributed by atoms with E-state index < -0.39 is 6.04 Å². The lowest BCUT2D eigenvalue weighted by atomic mass is 9.98. The molecule has 0 bridgehead atoms. The summed E-state index contributed by atoms with van der Waals surface area (Å²) in [7, 11) is 0. The number of carbonyl (C=O) groups excluding carboxylic acids is 1. The van der Waals surface area contributed by atoms with E-state index in [2.05, 4.69) is 41.4 Å². The SMILES string of the molecule is CC1CCN(Cc2cccc(CNC(=O)[C@@H](N)C(C)C)c2)CC1. The van der Waals surface area contributed by atoms with Gasteiger partial charge in [-0.3, -0.25) is 9.69 Å². The molecule has 1 aliphatic rings. The molecule has 1 aromatic carbocycles. The first kappa shape index (κ1) is 18.0. The van der Waals surface area contributed by atoms with Crippen molar-refractivity contribution in [3.8, 4) is 0 Å². The molecule has 23 heavy (non-hydrogen) atoms. The van der Waals surface area contributed by atoms with Gasteiger partial charge in [-0.25, -0.2) is 0 Å². The molecular formula is C19H31N3O. The molecule has 1 fully saturated rings. The zero-order chi connectivity index (χ0) is 16.8. The van der Waals surface area contributed by atoms with Crippen LogP contribution in [-0.4, -0.2) is 29.9 Å². The van der Waals surface area contributed by atoms with E-state index >= 15 is 0 Å². The predicted octanol–water partition coefficient (Wildman–Crippen LogP) is 2.52. The van der Waals surface area contributed by atoms with Gasteiger partial charge in [0.2, 0.25) is 5.91 Å². The normalized spacial score (nSPS) is 18.1. The number of likely N-dealkylation sites (tertiary alicyclic amines) is 1. The van der Waals surface area contributed by atoms with Gasteiger partial charge in [0.15, 0.2) is 0 Å². The number of rotatable bonds is 6. The maximum Gasteiger partial charge on any atom is 0.237 e. The fourth-order valence-electron chi connectivity index (χ4n) is 2.93. The quantitative estimate of drug-likeness (QED) is 0.847. The highest BCUT2D eigenvalue weighted by molar-refractivity contribution is 5.81. The molecule has 1 atom stereocenters. The summed E-state index contributed by atoms with van der Waals surface area (Å²) in [6.45, 7) is 10.2. The first-order valence-corrected chi connectivity index (χ1v) is 8.79. The van der Waals surface area contributed by atoms with Crippen molar-refractivity contribution in [1.82, 2.24) is 10.2 Å². The van der Waals surface area contributed by atoms with Crippen LogP contribution in [0.4, 0.5) is 0 Å². The van der Waals surface area contributed by atoms with Crippen LogP contribution in [0, 0.1) is 11.8 Å². The van der Waals surface area contributed by atoms with E-state index in [1.54, 1.807) is 0 Å². The van der Waals surface area contributed by atoms with Crippen LogP contribution in [0.25, 0.3) is 0 Å². The zero-order valence-corrected chi connectivity index (χ0v) is 14.7. The third kappa shape index (κ3) is 5.63. The Labute approximate surface area is 140 Å². The van der Waals surface area contributed by atoms with E-state index in [-0.39, 0.29) is 11.8 Å². The van der Waals surface area contributed by atoms with E-state index in [0.29, 0.717) is 6.54 Å². The summed E-state index contributed by atoms with van der Waals surface area (Å²) < 4.78 is 0. The van der Waals surface area contributed by atoms with Crippen molar-refractivity contribution >= 4 is 5.91 Å². The molecule has 0 unspecified atom stereocenters. The average Bonchev–Trinajstić information content (AvgIpc) is 2.54. The van der Waals surface area contributed by atoms with E-state index in [1.165, 1.54) is 31.5 Å². The number of carbonyl (C=O) groups is 1. The van der Waals surface area contributed by atoms with Crippen molar-refractivity contribution in [2.45, 2.75) is 52.7 Å². The molecule has 1 heterocycles. The Balaban J connectivity index is 1.86. The van der Waals surface area contributed by atoms with Crippen LogP contribution in [0.5, 0.6) is 0 Å². The van der Waals surface area contributed by atoms with Crippen LogP contribution in [0.3, 0.4) is 0 Å². The highest BCUT2D eigenvalue weighted by Gasteiger charge is 2.17. The molecule has 0 aromatic heterocycles. The molecule has 128 valence electrons. The minimum Gasteiger partial charge on any atom is -0.351 e. The Kier molecular flexibility index (Phi) is 6.60. The van der Waals surface area contributed by atoms with Gasteiger partial charge in [-0.1, -0.05) is 45.0 Å². The minimum absolute atomic E-state index is 0.0737. The van der Waals surface area contributed by atoms with Crippen molar-refractivity contribution in [2.24, 2.45) is 17.6 Å². The van der Waals surface area contributed by atoms with Crippen LogP contribution in [0.2, 0.25) is 0 Å². The Bertz CT molecular complexity index is 507. The van der Waals surface area contributed by atoms with Crippen LogP contribution in [0.15, 0.2) is 24.3 Å². The van der Waals surface area contributed by atoms with E-state index in [9.17, 15) is 4.79 Å². The number of hydrogen-bond donors (Lipinski definition) is 2. The fraction of sp³-hybridized carbons (Fsp3) is 0.632. The van der Waals surface area contributed by atoms with Gasteiger partial charge in [0, 0.05) is 13.1 Å². The summed E-state index contributed by atoms with van der Waals surface area (Å²) in [5.74, 6) is 0.941. The number of nitrogens with one attached hydrogen (secondary N) is 1. The van der Waals surface area contributed by atoms with Crippen LogP contribution in [0.1, 0.15) is 44.7 Å². The first-order valence-electron chi connectivity index (χ1n) is 8.79. The van der Waals surface area contributed by atoms with Crippen molar-refractivity contribution in [2.75, 3.05) is 13.1 Å². The number of nitrogens with zero attached hydrogens (tertiary/aromatic N) is 1. The molecule has 4 nitrogen and oxygen atoms in total. The van der Waals surface area contributed by atoms with Gasteiger partial charge in [-0.15, -0.1) is 0 Å². The molecular weight excluding hydrogens is 286 g/mol. The Morgan fingerprint density at radius 1 is 1.30 bits per heavy atom. The summed E-state index contributed by atoms with van der Waals surface area (Å²) in [6.07, 6.45) is 2.59. The van der Waals surface area contributed by atoms with Crippen molar-refractivity contribution in [3.05, 3.63) is 35.4 Å². The van der Waals surface area contributed by atoms with Gasteiger partial charge in [0.05, 0.1) is 6.04 Å². The van der Waals surface area contributed by atoms with Crippen molar-refractivity contribution in [3.63, 3.8) is 0 Å². The second-order valence-electron chi connectivity index (χ2n) is 7.27. The zero-order valence-electron chi connectivity index (χ0n) is 14.7. The second-order valence-corrected chi connectivity index (χ2v) is 7.27. The number of amides is 1. The predicted molar refractivity (Wildman–Crippen MR) is 94.8 cm³/mol. The van der Waals surface area contributed by atoms with Gasteiger partial charge >= 0.3 is 0 Å². The molecule has 0 saturated carbocycles. The highest BCUT2D eigenvalue weighted by atomic mass is 16.2. The monoisotopic (exact) mass is 317 g/mol. The maximum atomic E-state index is 11.9. The highest BCUT2D eigenvalue weighted by Crippen LogP contribution is 2.18. The van der Waals surface area contributed by atoms with Gasteiger partial charge in [0.25, 0.3) is 0 Å².